The molecule has 0 aliphatic rings. The van der Waals surface area contributed by atoms with E-state index in [9.17, 15) is 0 Å². The van der Waals surface area contributed by atoms with Gasteiger partial charge < -0.3 is 15.2 Å². The van der Waals surface area contributed by atoms with Gasteiger partial charge in [-0.2, -0.15) is 0 Å². The van der Waals surface area contributed by atoms with Crippen LogP contribution in [-0.4, -0.2) is 37.0 Å². The summed E-state index contributed by atoms with van der Waals surface area (Å²) >= 11 is 0. The fourth-order valence-corrected chi connectivity index (χ4v) is 1.01. The molecule has 0 saturated heterocycles. The smallest absolute Gasteiger partial charge is 0.0671 e. The lowest BCUT2D eigenvalue weighted by Gasteiger charge is -2.28. The van der Waals surface area contributed by atoms with Crippen molar-refractivity contribution in [1.82, 2.24) is 5.32 Å². The van der Waals surface area contributed by atoms with Crippen molar-refractivity contribution in [3.05, 3.63) is 0 Å². The van der Waals surface area contributed by atoms with Crippen LogP contribution in [0.2, 0.25) is 0 Å². The molecule has 0 amide bonds. The molecule has 0 aromatic heterocycles. The van der Waals surface area contributed by atoms with Crippen LogP contribution in [0, 0.1) is 0 Å². The Morgan fingerprint density at radius 2 is 2.15 bits per heavy atom. The first-order valence-corrected chi connectivity index (χ1v) is 4.99. The molecule has 0 saturated carbocycles. The number of hydrogen-bond acceptors (Lipinski definition) is 3. The van der Waals surface area contributed by atoms with Gasteiger partial charge in [-0.3, -0.25) is 0 Å². The maximum Gasteiger partial charge on any atom is 0.0671 e. The highest BCUT2D eigenvalue weighted by Gasteiger charge is 2.21. The van der Waals surface area contributed by atoms with Gasteiger partial charge in [0.2, 0.25) is 0 Å². The van der Waals surface area contributed by atoms with Crippen LogP contribution in [0.15, 0.2) is 0 Å². The van der Waals surface area contributed by atoms with Crippen molar-refractivity contribution in [2.75, 3.05) is 20.3 Å². The summed E-state index contributed by atoms with van der Waals surface area (Å²) in [6, 6.07) is 0. The predicted molar refractivity (Wildman–Crippen MR) is 54.9 cm³/mol. The third kappa shape index (κ3) is 5.24. The molecular weight excluding hydrogens is 166 g/mol. The van der Waals surface area contributed by atoms with E-state index in [4.69, 9.17) is 9.84 Å². The van der Waals surface area contributed by atoms with Crippen molar-refractivity contribution in [3.8, 4) is 0 Å². The van der Waals surface area contributed by atoms with Crippen LogP contribution in [0.5, 0.6) is 0 Å². The van der Waals surface area contributed by atoms with E-state index in [1.807, 2.05) is 14.0 Å². The average molecular weight is 189 g/mol. The molecule has 0 spiro atoms. The number of aliphatic hydroxyl groups is 1. The first-order chi connectivity index (χ1) is 6.08. The van der Waals surface area contributed by atoms with Gasteiger partial charge in [0.15, 0.2) is 0 Å². The number of aliphatic hydroxyl groups excluding tert-OH is 1. The van der Waals surface area contributed by atoms with E-state index >= 15 is 0 Å². The largest absolute Gasteiger partial charge is 0.394 e. The molecule has 0 fully saturated rings. The minimum atomic E-state index is -0.304. The molecule has 3 nitrogen and oxygen atoms in total. The van der Waals surface area contributed by atoms with Gasteiger partial charge in [0.1, 0.15) is 0 Å². The van der Waals surface area contributed by atoms with Crippen molar-refractivity contribution in [2.24, 2.45) is 0 Å². The third-order valence-corrected chi connectivity index (χ3v) is 2.33. The molecular formula is C10H23NO2. The molecule has 2 atom stereocenters. The highest BCUT2D eigenvalue weighted by molar-refractivity contribution is 4.80. The summed E-state index contributed by atoms with van der Waals surface area (Å²) in [5.41, 5.74) is -0.304. The van der Waals surface area contributed by atoms with Gasteiger partial charge in [0.25, 0.3) is 0 Å². The zero-order valence-corrected chi connectivity index (χ0v) is 9.26. The van der Waals surface area contributed by atoms with Crippen molar-refractivity contribution in [2.45, 2.75) is 45.3 Å². The molecule has 0 radical (unpaired) electrons. The van der Waals surface area contributed by atoms with Crippen LogP contribution in [0.3, 0.4) is 0 Å². The lowest BCUT2D eigenvalue weighted by atomic mass is 10.1. The van der Waals surface area contributed by atoms with E-state index in [-0.39, 0.29) is 18.2 Å². The van der Waals surface area contributed by atoms with E-state index in [1.54, 1.807) is 0 Å². The van der Waals surface area contributed by atoms with E-state index in [1.165, 1.54) is 0 Å². The van der Waals surface area contributed by atoms with Crippen LogP contribution in [0.1, 0.15) is 33.6 Å². The molecule has 0 bridgehead atoms. The molecule has 0 aliphatic heterocycles. The van der Waals surface area contributed by atoms with Gasteiger partial charge in [0.05, 0.1) is 24.9 Å². The third-order valence-electron chi connectivity index (χ3n) is 2.33. The normalized spacial score (nSPS) is 18.2. The second kappa shape index (κ2) is 6.35. The Morgan fingerprint density at radius 3 is 2.54 bits per heavy atom. The zero-order chi connectivity index (χ0) is 10.3. The van der Waals surface area contributed by atoms with Crippen LogP contribution in [-0.2, 0) is 4.74 Å². The molecule has 13 heavy (non-hydrogen) atoms. The van der Waals surface area contributed by atoms with Gasteiger partial charge in [-0.25, -0.2) is 0 Å². The van der Waals surface area contributed by atoms with Crippen molar-refractivity contribution >= 4 is 0 Å². The van der Waals surface area contributed by atoms with Crippen LogP contribution < -0.4 is 5.32 Å². The highest BCUT2D eigenvalue weighted by atomic mass is 16.5. The minimum absolute atomic E-state index is 0.0995. The summed E-state index contributed by atoms with van der Waals surface area (Å²) in [5, 5.41) is 12.1. The Labute approximate surface area is 81.5 Å². The highest BCUT2D eigenvalue weighted by Crippen LogP contribution is 2.07. The molecule has 0 rings (SSSR count). The number of ether oxygens (including phenoxy) is 1. The molecule has 0 aromatic carbocycles. The second-order valence-corrected chi connectivity index (χ2v) is 3.88. The predicted octanol–water partition coefficient (Wildman–Crippen LogP) is 1.16. The number of rotatable bonds is 7. The SMILES string of the molecule is CCCC(C)OCC(C)(CO)NC. The molecule has 2 unspecified atom stereocenters. The summed E-state index contributed by atoms with van der Waals surface area (Å²) < 4.78 is 5.61. The minimum Gasteiger partial charge on any atom is -0.394 e. The summed E-state index contributed by atoms with van der Waals surface area (Å²) in [6.45, 7) is 6.81. The lowest BCUT2D eigenvalue weighted by Crippen LogP contribution is -2.48. The monoisotopic (exact) mass is 189 g/mol. The van der Waals surface area contributed by atoms with Crippen LogP contribution in [0.4, 0.5) is 0 Å². The number of nitrogens with one attached hydrogen (secondary N) is 1. The average Bonchev–Trinajstić information content (AvgIpc) is 2.15. The Bertz CT molecular complexity index is 124. The van der Waals surface area contributed by atoms with Crippen molar-refractivity contribution in [1.29, 1.82) is 0 Å². The van der Waals surface area contributed by atoms with Gasteiger partial charge >= 0.3 is 0 Å². The molecule has 0 aliphatic carbocycles. The van der Waals surface area contributed by atoms with E-state index in [0.717, 1.165) is 12.8 Å². The topological polar surface area (TPSA) is 41.5 Å². The molecule has 0 heterocycles. The van der Waals surface area contributed by atoms with Crippen LogP contribution in [0.25, 0.3) is 0 Å². The molecule has 2 N–H and O–H groups in total. The summed E-state index contributed by atoms with van der Waals surface area (Å²) in [5.74, 6) is 0. The standard InChI is InChI=1S/C10H23NO2/c1-5-6-9(2)13-8-10(3,7-12)11-4/h9,11-12H,5-8H2,1-4H3. The first kappa shape index (κ1) is 12.9. The quantitative estimate of drug-likeness (QED) is 0.631. The first-order valence-electron chi connectivity index (χ1n) is 4.99. The van der Waals surface area contributed by atoms with E-state index < -0.39 is 0 Å². The van der Waals surface area contributed by atoms with Gasteiger partial charge in [0, 0.05) is 0 Å². The zero-order valence-electron chi connectivity index (χ0n) is 9.26. The maximum atomic E-state index is 9.09. The second-order valence-electron chi connectivity index (χ2n) is 3.88. The summed E-state index contributed by atoms with van der Waals surface area (Å²) in [7, 11) is 1.84. The van der Waals surface area contributed by atoms with Gasteiger partial charge in [-0.1, -0.05) is 13.3 Å². The molecule has 0 aromatic rings. The molecule has 80 valence electrons. The Kier molecular flexibility index (Phi) is 6.29. The van der Waals surface area contributed by atoms with Gasteiger partial charge in [-0.05, 0) is 27.3 Å². The number of likely N-dealkylation sites (N-methyl/N-ethyl adjacent to an activating group) is 1. The van der Waals surface area contributed by atoms with E-state index in [0.29, 0.717) is 6.61 Å². The van der Waals surface area contributed by atoms with Crippen LogP contribution >= 0.6 is 0 Å². The Hall–Kier alpha value is -0.120. The van der Waals surface area contributed by atoms with E-state index in [2.05, 4.69) is 19.2 Å². The Morgan fingerprint density at radius 1 is 1.54 bits per heavy atom. The van der Waals surface area contributed by atoms with Crippen molar-refractivity contribution in [3.63, 3.8) is 0 Å². The van der Waals surface area contributed by atoms with Crippen molar-refractivity contribution < 1.29 is 9.84 Å². The Balaban J connectivity index is 3.71. The van der Waals surface area contributed by atoms with Gasteiger partial charge in [-0.15, -0.1) is 0 Å². The molecule has 3 heteroatoms. The maximum absolute atomic E-state index is 9.09. The fourth-order valence-electron chi connectivity index (χ4n) is 1.01. The summed E-state index contributed by atoms with van der Waals surface area (Å²) in [6.07, 6.45) is 2.49. The fraction of sp³-hybridized carbons (Fsp3) is 1.00. The lowest BCUT2D eigenvalue weighted by molar-refractivity contribution is 0.00338. The summed E-state index contributed by atoms with van der Waals surface area (Å²) in [4.78, 5) is 0. The number of hydrogen-bond donors (Lipinski definition) is 2.